The number of benzene rings is 4. The Kier molecular flexibility index (Phi) is 12.2. The minimum Gasteiger partial charge on any atom is -0.147 e. The SMILES string of the molecule is CCc1c(C)cc2c(c1-c1ccccc1)C=C(c1ccc(C)o1)[CH]2[Zr]([CH]1C(c2ccc(C)o2)=Cc2c1cc(C)c(CC)c2-c1ccccc1)=[Si](C)C.Cl.Cl. The second-order valence-electron chi connectivity index (χ2n) is 14.9. The van der Waals surface area contributed by atoms with Crippen molar-refractivity contribution in [3.05, 3.63) is 165 Å². The Bertz CT molecular complexity index is 2280. The fourth-order valence-electron chi connectivity index (χ4n) is 9.21. The molecule has 0 fully saturated rings. The Labute approximate surface area is 341 Å². The van der Waals surface area contributed by atoms with E-state index < -0.39 is 25.8 Å². The van der Waals surface area contributed by atoms with Gasteiger partial charge in [0.05, 0.1) is 0 Å². The first-order valence-corrected chi connectivity index (χ1v) is 27.9. The van der Waals surface area contributed by atoms with Crippen molar-refractivity contribution in [2.24, 2.45) is 0 Å². The molecule has 6 aromatic rings. The van der Waals surface area contributed by atoms with E-state index in [0.29, 0.717) is 7.25 Å². The molecule has 0 radical (unpaired) electrons. The molecule has 2 heterocycles. The van der Waals surface area contributed by atoms with Gasteiger partial charge in [-0.15, -0.1) is 24.8 Å². The van der Waals surface area contributed by atoms with E-state index in [1.807, 2.05) is 0 Å². The molecule has 2 atom stereocenters. The Morgan fingerprint density at radius 1 is 0.556 bits per heavy atom. The first-order chi connectivity index (χ1) is 25.2. The molecular weight excluding hydrogens is 799 g/mol. The van der Waals surface area contributed by atoms with E-state index >= 15 is 0 Å². The third kappa shape index (κ3) is 6.87. The minimum absolute atomic E-state index is 0. The fraction of sp³-hybridized carbons (Fsp3) is 0.250. The largest absolute Gasteiger partial charge is 0.147 e. The molecule has 0 aliphatic heterocycles. The van der Waals surface area contributed by atoms with Gasteiger partial charge in [0, 0.05) is 0 Å². The van der Waals surface area contributed by atoms with Crippen molar-refractivity contribution in [2.45, 2.75) is 74.7 Å². The molecule has 0 saturated heterocycles. The monoisotopic (exact) mass is 846 g/mol. The Morgan fingerprint density at radius 2 is 0.944 bits per heavy atom. The zero-order valence-electron chi connectivity index (χ0n) is 32.6. The van der Waals surface area contributed by atoms with Gasteiger partial charge in [-0.05, 0) is 0 Å². The van der Waals surface area contributed by atoms with Gasteiger partial charge in [0.2, 0.25) is 0 Å². The van der Waals surface area contributed by atoms with Crippen LogP contribution >= 0.6 is 24.8 Å². The van der Waals surface area contributed by atoms with Crippen LogP contribution in [0.5, 0.6) is 0 Å². The van der Waals surface area contributed by atoms with Crippen LogP contribution in [0.25, 0.3) is 45.6 Å². The standard InChI is InChI=1S/2C23H21O.C2H6Si.2ClH.Zr/c2*1-4-20-15(2)12-18-13-19(22-11-10-16(3)24-22)14-21(18)23(20)17-8-6-5-7-9-17;1-3-2;;;/h2*5-14H,4H2,1-3H3;1-2H3;2*1H;. The number of allylic oxidation sites excluding steroid dienone is 2. The summed E-state index contributed by atoms with van der Waals surface area (Å²) < 4.78 is 13.9. The molecule has 2 aromatic heterocycles. The molecule has 4 aromatic carbocycles. The van der Waals surface area contributed by atoms with E-state index in [9.17, 15) is 0 Å². The summed E-state index contributed by atoms with van der Waals surface area (Å²) in [6.07, 6.45) is 7.09. The molecule has 0 bridgehead atoms. The summed E-state index contributed by atoms with van der Waals surface area (Å²) in [5, 5.41) is 0. The first kappa shape index (κ1) is 40.3. The Balaban J connectivity index is 0.00000249. The number of aryl methyl sites for hydroxylation is 4. The van der Waals surface area contributed by atoms with E-state index in [1.165, 1.54) is 77.9 Å². The number of halogens is 2. The summed E-state index contributed by atoms with van der Waals surface area (Å²) in [6.45, 7) is 18.7. The Hall–Kier alpha value is -3.40. The zero-order valence-corrected chi connectivity index (χ0v) is 37.7. The molecule has 8 rings (SSSR count). The summed E-state index contributed by atoms with van der Waals surface area (Å²) in [5.41, 5.74) is 19.0. The number of rotatable bonds is 8. The molecule has 2 aliphatic carbocycles. The van der Waals surface area contributed by atoms with Crippen LogP contribution in [0.3, 0.4) is 0 Å². The van der Waals surface area contributed by atoms with Gasteiger partial charge in [0.1, 0.15) is 0 Å². The molecule has 0 saturated carbocycles. The van der Waals surface area contributed by atoms with Gasteiger partial charge >= 0.3 is 320 Å². The number of hydrogen-bond donors (Lipinski definition) is 0. The van der Waals surface area contributed by atoms with Crippen LogP contribution in [0, 0.1) is 27.7 Å². The number of hydrogen-bond acceptors (Lipinski definition) is 2. The van der Waals surface area contributed by atoms with E-state index in [0.717, 1.165) is 35.9 Å². The molecule has 0 spiro atoms. The van der Waals surface area contributed by atoms with Crippen LogP contribution in [0.4, 0.5) is 0 Å². The topological polar surface area (TPSA) is 26.3 Å². The molecule has 54 heavy (non-hydrogen) atoms. The fourth-order valence-corrected chi connectivity index (χ4v) is 29.0. The van der Waals surface area contributed by atoms with E-state index in [4.69, 9.17) is 8.83 Å². The van der Waals surface area contributed by atoms with Crippen LogP contribution in [-0.4, -0.2) is 5.43 Å². The average Bonchev–Trinajstić information content (AvgIpc) is 3.94. The maximum absolute atomic E-state index is 6.61. The zero-order chi connectivity index (χ0) is 36.3. The molecule has 276 valence electrons. The maximum Gasteiger partial charge on any atom is -0.147 e. The van der Waals surface area contributed by atoms with Crippen LogP contribution < -0.4 is 0 Å². The summed E-state index contributed by atoms with van der Waals surface area (Å²) in [4.78, 5) is 0. The van der Waals surface area contributed by atoms with Gasteiger partial charge < -0.3 is 0 Å². The van der Waals surface area contributed by atoms with Gasteiger partial charge in [-0.25, -0.2) is 0 Å². The smallest absolute Gasteiger partial charge is 0.147 e. The van der Waals surface area contributed by atoms with Crippen molar-refractivity contribution in [1.82, 2.24) is 0 Å². The van der Waals surface area contributed by atoms with Gasteiger partial charge in [0.15, 0.2) is 0 Å². The first-order valence-electron chi connectivity index (χ1n) is 18.9. The predicted molar refractivity (Wildman–Crippen MR) is 232 cm³/mol. The van der Waals surface area contributed by atoms with Crippen molar-refractivity contribution in [2.75, 3.05) is 0 Å². The van der Waals surface area contributed by atoms with Crippen molar-refractivity contribution < 1.29 is 29.2 Å². The van der Waals surface area contributed by atoms with E-state index in [-0.39, 0.29) is 24.8 Å². The second-order valence-corrected chi connectivity index (χ2v) is 32.7. The summed E-state index contributed by atoms with van der Waals surface area (Å²) in [6, 6.07) is 36.1. The van der Waals surface area contributed by atoms with Crippen LogP contribution in [0.15, 0.2) is 106 Å². The van der Waals surface area contributed by atoms with Crippen LogP contribution in [0.1, 0.15) is 88.6 Å². The van der Waals surface area contributed by atoms with Crippen LogP contribution in [-0.2, 0) is 33.2 Å². The average molecular weight is 849 g/mol. The molecule has 0 amide bonds. The molecule has 2 unspecified atom stereocenters. The minimum atomic E-state index is -2.67. The van der Waals surface area contributed by atoms with E-state index in [2.05, 4.69) is 164 Å². The maximum atomic E-state index is 6.61. The van der Waals surface area contributed by atoms with Crippen molar-refractivity contribution >= 4 is 53.5 Å². The predicted octanol–water partition coefficient (Wildman–Crippen LogP) is 14.2. The van der Waals surface area contributed by atoms with Crippen molar-refractivity contribution in [3.8, 4) is 22.3 Å². The quantitative estimate of drug-likeness (QED) is 0.143. The second kappa shape index (κ2) is 16.4. The van der Waals surface area contributed by atoms with Gasteiger partial charge in [-0.3, -0.25) is 0 Å². The normalized spacial score (nSPS) is 15.5. The van der Waals surface area contributed by atoms with Crippen molar-refractivity contribution in [3.63, 3.8) is 0 Å². The molecule has 2 nitrogen and oxygen atoms in total. The number of fused-ring (bicyclic) bond motifs is 2. The van der Waals surface area contributed by atoms with Crippen molar-refractivity contribution in [1.29, 1.82) is 0 Å². The van der Waals surface area contributed by atoms with Gasteiger partial charge in [-0.1, -0.05) is 0 Å². The van der Waals surface area contributed by atoms with Crippen LogP contribution in [0.2, 0.25) is 13.1 Å². The summed E-state index contributed by atoms with van der Waals surface area (Å²) >= 11 is -2.67. The third-order valence-electron chi connectivity index (χ3n) is 11.4. The van der Waals surface area contributed by atoms with E-state index in [1.54, 1.807) is 0 Å². The molecule has 0 N–H and O–H groups in total. The van der Waals surface area contributed by atoms with Gasteiger partial charge in [0.25, 0.3) is 0 Å². The van der Waals surface area contributed by atoms with Gasteiger partial charge in [-0.2, -0.15) is 0 Å². The third-order valence-corrected chi connectivity index (χ3v) is 30.6. The molecular formula is C48H50Cl2O2SiZr. The Morgan fingerprint density at radius 3 is 1.26 bits per heavy atom. The number of furan rings is 2. The summed E-state index contributed by atoms with van der Waals surface area (Å²) in [7, 11) is 0. The molecule has 2 aliphatic rings. The molecule has 6 heteroatoms. The summed E-state index contributed by atoms with van der Waals surface area (Å²) in [5.74, 6) is 4.01.